The van der Waals surface area contributed by atoms with Gasteiger partial charge in [0.1, 0.15) is 11.5 Å². The lowest BCUT2D eigenvalue weighted by molar-refractivity contribution is -0.145. The van der Waals surface area contributed by atoms with E-state index in [0.29, 0.717) is 11.1 Å². The lowest BCUT2D eigenvalue weighted by Crippen LogP contribution is -2.31. The SMILES string of the molecule is CC(=O)N/C(=C\c1ccccc1)C(=O)OCC(=O)NCc1ccccc1F. The summed E-state index contributed by atoms with van der Waals surface area (Å²) >= 11 is 0. The van der Waals surface area contributed by atoms with Crippen molar-refractivity contribution in [2.75, 3.05) is 6.61 Å². The summed E-state index contributed by atoms with van der Waals surface area (Å²) in [4.78, 5) is 35.3. The Morgan fingerprint density at radius 1 is 1.04 bits per heavy atom. The van der Waals surface area contributed by atoms with Crippen LogP contribution in [0.1, 0.15) is 18.1 Å². The normalized spacial score (nSPS) is 10.8. The molecule has 0 aliphatic carbocycles. The molecule has 0 aromatic heterocycles. The van der Waals surface area contributed by atoms with Gasteiger partial charge in [-0.2, -0.15) is 0 Å². The smallest absolute Gasteiger partial charge is 0.355 e. The molecule has 2 N–H and O–H groups in total. The zero-order valence-electron chi connectivity index (χ0n) is 14.7. The Labute approximate surface area is 156 Å². The predicted octanol–water partition coefficient (Wildman–Crippen LogP) is 2.16. The van der Waals surface area contributed by atoms with Gasteiger partial charge >= 0.3 is 5.97 Å². The molecule has 0 bridgehead atoms. The number of carbonyl (C=O) groups is 3. The highest BCUT2D eigenvalue weighted by molar-refractivity contribution is 5.98. The van der Waals surface area contributed by atoms with Crippen molar-refractivity contribution in [2.24, 2.45) is 0 Å². The van der Waals surface area contributed by atoms with E-state index in [2.05, 4.69) is 10.6 Å². The molecular weight excluding hydrogens is 351 g/mol. The van der Waals surface area contributed by atoms with Gasteiger partial charge in [-0.15, -0.1) is 0 Å². The van der Waals surface area contributed by atoms with Crippen LogP contribution in [0, 0.1) is 5.82 Å². The molecule has 0 saturated carbocycles. The molecular formula is C20H19FN2O4. The molecule has 0 spiro atoms. The van der Waals surface area contributed by atoms with Gasteiger partial charge in [-0.1, -0.05) is 48.5 Å². The maximum absolute atomic E-state index is 13.5. The molecule has 27 heavy (non-hydrogen) atoms. The molecule has 0 aliphatic rings. The summed E-state index contributed by atoms with van der Waals surface area (Å²) in [5.41, 5.74) is 0.915. The fourth-order valence-corrected chi connectivity index (χ4v) is 2.15. The van der Waals surface area contributed by atoms with Crippen LogP contribution in [0.25, 0.3) is 6.08 Å². The van der Waals surface area contributed by atoms with Crippen molar-refractivity contribution < 1.29 is 23.5 Å². The second kappa shape index (κ2) is 9.86. The maximum atomic E-state index is 13.5. The lowest BCUT2D eigenvalue weighted by atomic mass is 10.2. The van der Waals surface area contributed by atoms with Crippen LogP contribution in [0.3, 0.4) is 0 Å². The lowest BCUT2D eigenvalue weighted by Gasteiger charge is -2.10. The zero-order valence-corrected chi connectivity index (χ0v) is 14.7. The van der Waals surface area contributed by atoms with E-state index in [1.165, 1.54) is 19.1 Å². The number of amides is 2. The van der Waals surface area contributed by atoms with Crippen LogP contribution < -0.4 is 10.6 Å². The second-order valence-electron chi connectivity index (χ2n) is 5.59. The Hall–Kier alpha value is -3.48. The van der Waals surface area contributed by atoms with E-state index in [1.54, 1.807) is 42.5 Å². The van der Waals surface area contributed by atoms with Crippen LogP contribution >= 0.6 is 0 Å². The first-order chi connectivity index (χ1) is 13.0. The molecule has 0 fully saturated rings. The first kappa shape index (κ1) is 19.8. The topological polar surface area (TPSA) is 84.5 Å². The van der Waals surface area contributed by atoms with Gasteiger partial charge in [0, 0.05) is 19.0 Å². The van der Waals surface area contributed by atoms with Gasteiger partial charge in [0.05, 0.1) is 0 Å². The number of halogens is 1. The van der Waals surface area contributed by atoms with Crippen molar-refractivity contribution in [3.63, 3.8) is 0 Å². The summed E-state index contributed by atoms with van der Waals surface area (Å²) in [5.74, 6) is -2.32. The number of hydrogen-bond acceptors (Lipinski definition) is 4. The Bertz CT molecular complexity index is 850. The summed E-state index contributed by atoms with van der Waals surface area (Å²) in [6, 6.07) is 14.9. The van der Waals surface area contributed by atoms with Gasteiger partial charge in [-0.25, -0.2) is 9.18 Å². The minimum atomic E-state index is -0.852. The minimum absolute atomic E-state index is 0.0263. The minimum Gasteiger partial charge on any atom is -0.451 e. The molecule has 2 rings (SSSR count). The van der Waals surface area contributed by atoms with Crippen molar-refractivity contribution in [1.82, 2.24) is 10.6 Å². The first-order valence-electron chi connectivity index (χ1n) is 8.17. The van der Waals surface area contributed by atoms with E-state index in [1.807, 2.05) is 6.07 Å². The molecule has 0 atom stereocenters. The van der Waals surface area contributed by atoms with Crippen molar-refractivity contribution >= 4 is 23.9 Å². The number of nitrogens with one attached hydrogen (secondary N) is 2. The number of rotatable bonds is 7. The molecule has 2 aromatic carbocycles. The number of esters is 1. The molecule has 7 heteroatoms. The summed E-state index contributed by atoms with van der Waals surface area (Å²) in [6.45, 7) is 0.674. The van der Waals surface area contributed by atoms with E-state index in [-0.39, 0.29) is 12.2 Å². The van der Waals surface area contributed by atoms with Crippen molar-refractivity contribution in [2.45, 2.75) is 13.5 Å². The average Bonchev–Trinajstić information content (AvgIpc) is 2.65. The summed E-state index contributed by atoms with van der Waals surface area (Å²) in [6.07, 6.45) is 1.45. The Kier molecular flexibility index (Phi) is 7.25. The molecule has 140 valence electrons. The van der Waals surface area contributed by atoms with Gasteiger partial charge in [-0.05, 0) is 17.7 Å². The number of hydrogen-bond donors (Lipinski definition) is 2. The highest BCUT2D eigenvalue weighted by Gasteiger charge is 2.15. The fraction of sp³-hybridized carbons (Fsp3) is 0.150. The molecule has 0 heterocycles. The summed E-state index contributed by atoms with van der Waals surface area (Å²) in [7, 11) is 0. The van der Waals surface area contributed by atoms with E-state index < -0.39 is 30.2 Å². The van der Waals surface area contributed by atoms with Gasteiger partial charge in [0.15, 0.2) is 6.61 Å². The Balaban J connectivity index is 1.92. The third-order valence-electron chi connectivity index (χ3n) is 3.41. The van der Waals surface area contributed by atoms with Crippen LogP contribution in [0.4, 0.5) is 4.39 Å². The Morgan fingerprint density at radius 3 is 2.37 bits per heavy atom. The van der Waals surface area contributed by atoms with E-state index in [4.69, 9.17) is 4.74 Å². The van der Waals surface area contributed by atoms with Crippen molar-refractivity contribution in [3.8, 4) is 0 Å². The van der Waals surface area contributed by atoms with Crippen LogP contribution in [0.5, 0.6) is 0 Å². The standard InChI is InChI=1S/C20H19FN2O4/c1-14(24)23-18(11-15-7-3-2-4-8-15)20(26)27-13-19(25)22-12-16-9-5-6-10-17(16)21/h2-11H,12-13H2,1H3,(H,22,25)(H,23,24)/b18-11-. The fourth-order valence-electron chi connectivity index (χ4n) is 2.15. The second-order valence-corrected chi connectivity index (χ2v) is 5.59. The van der Waals surface area contributed by atoms with Gasteiger partial charge in [0.2, 0.25) is 5.91 Å². The van der Waals surface area contributed by atoms with Crippen LogP contribution in [0.15, 0.2) is 60.3 Å². The van der Waals surface area contributed by atoms with E-state index >= 15 is 0 Å². The van der Waals surface area contributed by atoms with Crippen molar-refractivity contribution in [1.29, 1.82) is 0 Å². The largest absolute Gasteiger partial charge is 0.451 e. The molecule has 0 saturated heterocycles. The highest BCUT2D eigenvalue weighted by atomic mass is 19.1. The first-order valence-corrected chi connectivity index (χ1v) is 8.17. The number of ether oxygens (including phenoxy) is 1. The van der Waals surface area contributed by atoms with Gasteiger partial charge < -0.3 is 15.4 Å². The van der Waals surface area contributed by atoms with Gasteiger partial charge in [0.25, 0.3) is 5.91 Å². The van der Waals surface area contributed by atoms with E-state index in [9.17, 15) is 18.8 Å². The quantitative estimate of drug-likeness (QED) is 0.578. The van der Waals surface area contributed by atoms with Gasteiger partial charge in [-0.3, -0.25) is 9.59 Å². The highest BCUT2D eigenvalue weighted by Crippen LogP contribution is 2.07. The van der Waals surface area contributed by atoms with Crippen LogP contribution in [-0.4, -0.2) is 24.4 Å². The molecule has 2 aromatic rings. The molecule has 0 unspecified atom stereocenters. The third-order valence-corrected chi connectivity index (χ3v) is 3.41. The zero-order chi connectivity index (χ0) is 19.6. The summed E-state index contributed by atoms with van der Waals surface area (Å²) in [5, 5.41) is 4.85. The monoisotopic (exact) mass is 370 g/mol. The maximum Gasteiger partial charge on any atom is 0.355 e. The van der Waals surface area contributed by atoms with E-state index in [0.717, 1.165) is 0 Å². The Morgan fingerprint density at radius 2 is 1.70 bits per heavy atom. The molecule has 0 radical (unpaired) electrons. The molecule has 2 amide bonds. The summed E-state index contributed by atoms with van der Waals surface area (Å²) < 4.78 is 18.4. The van der Waals surface area contributed by atoms with Crippen LogP contribution in [0.2, 0.25) is 0 Å². The van der Waals surface area contributed by atoms with Crippen LogP contribution in [-0.2, 0) is 25.7 Å². The van der Waals surface area contributed by atoms with Crippen molar-refractivity contribution in [3.05, 3.63) is 77.2 Å². The molecule has 0 aliphatic heterocycles. The third kappa shape index (κ3) is 6.74. The molecule has 6 nitrogen and oxygen atoms in total. The number of benzene rings is 2. The number of carbonyl (C=O) groups excluding carboxylic acids is 3. The predicted molar refractivity (Wildman–Crippen MR) is 97.4 cm³/mol. The average molecular weight is 370 g/mol.